The molecule has 0 unspecified atom stereocenters. The summed E-state index contributed by atoms with van der Waals surface area (Å²) in [5, 5.41) is 8.47. The van der Waals surface area contributed by atoms with Crippen molar-refractivity contribution in [3.05, 3.63) is 9.94 Å². The van der Waals surface area contributed by atoms with Gasteiger partial charge in [-0.15, -0.1) is 12.6 Å². The monoisotopic (exact) mass is 133 g/mol. The molecule has 1 nitrogen and oxygen atoms in total. The summed E-state index contributed by atoms with van der Waals surface area (Å²) in [7, 11) is 0. The number of nitrogens with zero attached hydrogens (tertiary/aromatic N) is 1. The Bertz CT molecular complexity index is 129. The van der Waals surface area contributed by atoms with E-state index in [1.165, 1.54) is 0 Å². The Hall–Kier alpha value is -0.130. The van der Waals surface area contributed by atoms with Gasteiger partial charge in [0.15, 0.2) is 0 Å². The molecular weight excluding hydrogens is 130 g/mol. The first-order chi connectivity index (χ1) is 3.18. The highest BCUT2D eigenvalue weighted by molar-refractivity contribution is 7.85. The van der Waals surface area contributed by atoms with Crippen LogP contribution in [-0.2, 0) is 0 Å². The van der Waals surface area contributed by atoms with Gasteiger partial charge in [-0.2, -0.15) is 5.26 Å². The van der Waals surface area contributed by atoms with Crippen molar-refractivity contribution < 1.29 is 0 Å². The molecule has 0 amide bonds. The summed E-state index contributed by atoms with van der Waals surface area (Å²) >= 11 is 9.02. The van der Waals surface area contributed by atoms with E-state index < -0.39 is 0 Å². The molecular formula is C4H4ClNS. The fourth-order valence-corrected chi connectivity index (χ4v) is 0.119. The lowest BCUT2D eigenvalue weighted by Crippen LogP contribution is -1.62. The number of hydrogen-bond donors (Lipinski definition) is 1. The molecule has 0 spiro atoms. The van der Waals surface area contributed by atoms with Crippen LogP contribution in [-0.4, -0.2) is 0 Å². The highest BCUT2D eigenvalue weighted by Crippen LogP contribution is 2.09. The van der Waals surface area contributed by atoms with Crippen molar-refractivity contribution in [3.63, 3.8) is 0 Å². The summed E-state index contributed by atoms with van der Waals surface area (Å²) in [4.78, 5) is 0.279. The lowest BCUT2D eigenvalue weighted by Gasteiger charge is -1.80. The Morgan fingerprint density at radius 1 is 1.86 bits per heavy atom. The Kier molecular flexibility index (Phi) is 2.89. The molecule has 3 heteroatoms. The van der Waals surface area contributed by atoms with Crippen molar-refractivity contribution in [1.29, 1.82) is 5.26 Å². The van der Waals surface area contributed by atoms with Gasteiger partial charge in [-0.3, -0.25) is 0 Å². The van der Waals surface area contributed by atoms with Gasteiger partial charge in [0.25, 0.3) is 0 Å². The predicted octanol–water partition coefficient (Wildman–Crippen LogP) is 1.91. The fourth-order valence-electron chi connectivity index (χ4n) is 0.0770. The Balaban J connectivity index is 4.07. The number of nitriles is 1. The van der Waals surface area contributed by atoms with E-state index in [4.69, 9.17) is 16.9 Å². The van der Waals surface area contributed by atoms with Crippen LogP contribution in [0.3, 0.4) is 0 Å². The third kappa shape index (κ3) is 2.55. The number of halogens is 1. The van der Waals surface area contributed by atoms with Gasteiger partial charge in [0.05, 0.1) is 4.91 Å². The van der Waals surface area contributed by atoms with Crippen LogP contribution in [0, 0.1) is 11.3 Å². The minimum Gasteiger partial charge on any atom is -0.192 e. The molecule has 0 saturated carbocycles. The molecule has 0 aromatic carbocycles. The van der Waals surface area contributed by atoms with Crippen LogP contribution < -0.4 is 0 Å². The molecule has 0 radical (unpaired) electrons. The molecule has 0 fully saturated rings. The van der Waals surface area contributed by atoms with Crippen molar-refractivity contribution >= 4 is 24.2 Å². The van der Waals surface area contributed by atoms with Gasteiger partial charge in [0, 0.05) is 5.03 Å². The first-order valence-corrected chi connectivity index (χ1v) is 2.46. The zero-order chi connectivity index (χ0) is 5.86. The summed E-state index contributed by atoms with van der Waals surface area (Å²) in [5.41, 5.74) is 0. The van der Waals surface area contributed by atoms with E-state index in [0.29, 0.717) is 5.03 Å². The second-order valence-corrected chi connectivity index (χ2v) is 2.01. The van der Waals surface area contributed by atoms with Crippen molar-refractivity contribution in [2.75, 3.05) is 0 Å². The molecule has 0 N–H and O–H groups in total. The number of rotatable bonds is 0. The third-order valence-electron chi connectivity index (χ3n) is 0.432. The van der Waals surface area contributed by atoms with Crippen LogP contribution in [0.2, 0.25) is 0 Å². The van der Waals surface area contributed by atoms with E-state index in [-0.39, 0.29) is 4.91 Å². The van der Waals surface area contributed by atoms with Crippen molar-refractivity contribution in [2.45, 2.75) is 6.92 Å². The zero-order valence-corrected chi connectivity index (χ0v) is 5.42. The van der Waals surface area contributed by atoms with Crippen LogP contribution in [0.25, 0.3) is 0 Å². The molecule has 7 heavy (non-hydrogen) atoms. The maximum absolute atomic E-state index is 8.04. The van der Waals surface area contributed by atoms with Crippen LogP contribution in [0.15, 0.2) is 9.94 Å². The normalized spacial score (nSPS) is 12.3. The van der Waals surface area contributed by atoms with E-state index in [0.717, 1.165) is 0 Å². The van der Waals surface area contributed by atoms with Gasteiger partial charge < -0.3 is 0 Å². The molecule has 0 bridgehead atoms. The molecule has 38 valence electrons. The number of allylic oxidation sites excluding steroid dienone is 2. The van der Waals surface area contributed by atoms with Gasteiger partial charge in [-0.1, -0.05) is 11.6 Å². The molecule has 0 saturated heterocycles. The van der Waals surface area contributed by atoms with Crippen molar-refractivity contribution in [1.82, 2.24) is 0 Å². The summed E-state index contributed by atoms with van der Waals surface area (Å²) < 4.78 is 0. The Morgan fingerprint density at radius 2 is 2.29 bits per heavy atom. The summed E-state index contributed by atoms with van der Waals surface area (Å²) in [6.45, 7) is 1.62. The Morgan fingerprint density at radius 3 is 2.29 bits per heavy atom. The average molecular weight is 134 g/mol. The van der Waals surface area contributed by atoms with Crippen LogP contribution >= 0.6 is 24.2 Å². The molecule has 0 atom stereocenters. The van der Waals surface area contributed by atoms with Crippen LogP contribution in [0.1, 0.15) is 6.92 Å². The SMILES string of the molecule is C/C(Cl)=C(\S)C#N. The topological polar surface area (TPSA) is 23.8 Å². The molecule has 0 heterocycles. The zero-order valence-electron chi connectivity index (χ0n) is 3.77. The third-order valence-corrected chi connectivity index (χ3v) is 1.19. The maximum atomic E-state index is 8.04. The molecule has 0 aliphatic heterocycles. The average Bonchev–Trinajstić information content (AvgIpc) is 1.65. The Labute approximate surface area is 53.0 Å². The van der Waals surface area contributed by atoms with Gasteiger partial charge in [-0.25, -0.2) is 0 Å². The lowest BCUT2D eigenvalue weighted by atomic mass is 10.6. The summed E-state index contributed by atoms with van der Waals surface area (Å²) in [5.74, 6) is 0. The standard InChI is InChI=1S/C4H4ClNS/c1-3(5)4(7)2-6/h7H,1H3/b4-3+. The van der Waals surface area contributed by atoms with Gasteiger partial charge in [0.2, 0.25) is 0 Å². The fraction of sp³-hybridized carbons (Fsp3) is 0.250. The highest BCUT2D eigenvalue weighted by Gasteiger charge is 1.87. The van der Waals surface area contributed by atoms with Crippen molar-refractivity contribution in [3.8, 4) is 6.07 Å². The minimum atomic E-state index is 0.279. The lowest BCUT2D eigenvalue weighted by molar-refractivity contribution is 1.51. The van der Waals surface area contributed by atoms with Gasteiger partial charge >= 0.3 is 0 Å². The van der Waals surface area contributed by atoms with Gasteiger partial charge in [0.1, 0.15) is 6.07 Å². The molecule has 0 aromatic heterocycles. The molecule has 0 aliphatic rings. The maximum Gasteiger partial charge on any atom is 0.107 e. The van der Waals surface area contributed by atoms with Crippen molar-refractivity contribution in [2.24, 2.45) is 0 Å². The molecule has 0 aromatic rings. The van der Waals surface area contributed by atoms with Crippen LogP contribution in [0.4, 0.5) is 0 Å². The van der Waals surface area contributed by atoms with E-state index in [1.807, 2.05) is 0 Å². The highest BCUT2D eigenvalue weighted by atomic mass is 35.5. The summed E-state index contributed by atoms with van der Waals surface area (Å²) in [6.07, 6.45) is 0. The number of hydrogen-bond acceptors (Lipinski definition) is 2. The second kappa shape index (κ2) is 2.95. The van der Waals surface area contributed by atoms with E-state index in [9.17, 15) is 0 Å². The summed E-state index contributed by atoms with van der Waals surface area (Å²) in [6, 6.07) is 1.78. The quantitative estimate of drug-likeness (QED) is 0.396. The molecule has 0 aliphatic carbocycles. The van der Waals surface area contributed by atoms with Gasteiger partial charge in [-0.05, 0) is 6.92 Å². The first-order valence-electron chi connectivity index (χ1n) is 1.64. The molecule has 0 rings (SSSR count). The van der Waals surface area contributed by atoms with Crippen LogP contribution in [0.5, 0.6) is 0 Å². The minimum absolute atomic E-state index is 0.279. The second-order valence-electron chi connectivity index (χ2n) is 0.994. The largest absolute Gasteiger partial charge is 0.192 e. The predicted molar refractivity (Wildman–Crippen MR) is 33.2 cm³/mol. The number of thiol groups is 1. The first kappa shape index (κ1) is 6.87. The van der Waals surface area contributed by atoms with E-state index in [2.05, 4.69) is 12.6 Å². The van der Waals surface area contributed by atoms with E-state index >= 15 is 0 Å². The van der Waals surface area contributed by atoms with E-state index in [1.54, 1.807) is 13.0 Å². The smallest absolute Gasteiger partial charge is 0.107 e.